The van der Waals surface area contributed by atoms with E-state index in [-0.39, 0.29) is 5.97 Å². The highest BCUT2D eigenvalue weighted by molar-refractivity contribution is 8.08. The summed E-state index contributed by atoms with van der Waals surface area (Å²) in [4.78, 5) is 12.3. The number of thioether (sulfide) groups is 1. The average molecular weight is 362 g/mol. The Kier molecular flexibility index (Phi) is 8.09. The number of fused-ring (bicyclic) bond motifs is 1. The van der Waals surface area contributed by atoms with Gasteiger partial charge in [0.2, 0.25) is 6.29 Å². The molecule has 0 spiro atoms. The monoisotopic (exact) mass is 362 g/mol. The molecule has 1 aromatic rings. The predicted molar refractivity (Wildman–Crippen MR) is 102 cm³/mol. The van der Waals surface area contributed by atoms with E-state index >= 15 is 0 Å². The number of benzene rings is 1. The standard InChI is InChI=1S/C20H26O4S/c1-15(2)20(22)23-12-8-4-3-5-9-13-25-18-14-19(21)24-17-11-7-6-10-16(17)18/h6-7,10-11,14,19,21H,1,3-5,8-9,12-13H2,2H3. The van der Waals surface area contributed by atoms with E-state index in [2.05, 4.69) is 6.58 Å². The molecule has 0 amide bonds. The fraction of sp³-hybridized carbons (Fsp3) is 0.450. The van der Waals surface area contributed by atoms with Gasteiger partial charge in [-0.15, -0.1) is 11.8 Å². The maximum atomic E-state index is 11.2. The number of hydrogen-bond acceptors (Lipinski definition) is 5. The van der Waals surface area contributed by atoms with Crippen LogP contribution in [0.2, 0.25) is 0 Å². The molecule has 0 fully saturated rings. The molecule has 1 unspecified atom stereocenters. The van der Waals surface area contributed by atoms with E-state index < -0.39 is 6.29 Å². The highest BCUT2D eigenvalue weighted by atomic mass is 32.2. The van der Waals surface area contributed by atoms with E-state index in [4.69, 9.17) is 9.47 Å². The molecule has 1 aliphatic heterocycles. The van der Waals surface area contributed by atoms with Gasteiger partial charge in [0.1, 0.15) is 5.75 Å². The summed E-state index contributed by atoms with van der Waals surface area (Å²) < 4.78 is 10.5. The van der Waals surface area contributed by atoms with Gasteiger partial charge in [-0.2, -0.15) is 0 Å². The van der Waals surface area contributed by atoms with Crippen LogP contribution in [-0.4, -0.2) is 29.7 Å². The Hall–Kier alpha value is -1.72. The van der Waals surface area contributed by atoms with Crippen molar-refractivity contribution in [3.8, 4) is 5.75 Å². The number of aliphatic hydroxyl groups is 1. The Balaban J connectivity index is 1.58. The number of esters is 1. The van der Waals surface area contributed by atoms with Crippen molar-refractivity contribution in [1.82, 2.24) is 0 Å². The molecule has 0 aromatic heterocycles. The maximum Gasteiger partial charge on any atom is 0.333 e. The summed E-state index contributed by atoms with van der Waals surface area (Å²) >= 11 is 1.76. The molecule has 0 radical (unpaired) electrons. The lowest BCUT2D eigenvalue weighted by molar-refractivity contribution is -0.139. The van der Waals surface area contributed by atoms with Crippen molar-refractivity contribution in [2.75, 3.05) is 12.4 Å². The van der Waals surface area contributed by atoms with Gasteiger partial charge in [0.25, 0.3) is 0 Å². The molecule has 1 atom stereocenters. The van der Waals surface area contributed by atoms with E-state index in [0.29, 0.717) is 12.2 Å². The molecular formula is C20H26O4S. The first-order chi connectivity index (χ1) is 12.1. The number of unbranched alkanes of at least 4 members (excludes halogenated alkanes) is 4. The summed E-state index contributed by atoms with van der Waals surface area (Å²) in [7, 11) is 0. The summed E-state index contributed by atoms with van der Waals surface area (Å²) in [5, 5.41) is 9.77. The molecule has 1 heterocycles. The lowest BCUT2D eigenvalue weighted by atomic mass is 10.1. The summed E-state index contributed by atoms with van der Waals surface area (Å²) in [6.07, 6.45) is 6.26. The molecule has 2 rings (SSSR count). The van der Waals surface area contributed by atoms with Crippen molar-refractivity contribution in [1.29, 1.82) is 0 Å². The van der Waals surface area contributed by atoms with Crippen LogP contribution in [0, 0.1) is 0 Å². The lowest BCUT2D eigenvalue weighted by Gasteiger charge is -2.21. The van der Waals surface area contributed by atoms with Crippen LogP contribution >= 0.6 is 11.8 Å². The minimum absolute atomic E-state index is 0.302. The number of hydrogen-bond donors (Lipinski definition) is 1. The lowest BCUT2D eigenvalue weighted by Crippen LogP contribution is -2.17. The number of ether oxygens (including phenoxy) is 2. The zero-order valence-electron chi connectivity index (χ0n) is 14.7. The third-order valence-electron chi connectivity index (χ3n) is 3.82. The second-order valence-electron chi connectivity index (χ2n) is 6.07. The molecule has 0 saturated carbocycles. The van der Waals surface area contributed by atoms with Gasteiger partial charge in [-0.25, -0.2) is 4.79 Å². The Labute approximate surface area is 153 Å². The first kappa shape index (κ1) is 19.6. The smallest absolute Gasteiger partial charge is 0.333 e. The highest BCUT2D eigenvalue weighted by Gasteiger charge is 2.18. The van der Waals surface area contributed by atoms with Gasteiger partial charge < -0.3 is 14.6 Å². The predicted octanol–water partition coefficient (Wildman–Crippen LogP) is 4.54. The quantitative estimate of drug-likeness (QED) is 0.376. The SMILES string of the molecule is C=C(C)C(=O)OCCCCCCCSC1=CC(O)Oc2ccccc21. The maximum absolute atomic E-state index is 11.2. The molecule has 1 N–H and O–H groups in total. The molecule has 0 bridgehead atoms. The Bertz CT molecular complexity index is 624. The fourth-order valence-electron chi connectivity index (χ4n) is 2.49. The van der Waals surface area contributed by atoms with E-state index in [1.807, 2.05) is 24.3 Å². The Morgan fingerprint density at radius 3 is 2.76 bits per heavy atom. The number of carbonyl (C=O) groups excluding carboxylic acids is 1. The van der Waals surface area contributed by atoms with Crippen LogP contribution in [0.15, 0.2) is 42.5 Å². The molecule has 4 nitrogen and oxygen atoms in total. The van der Waals surface area contributed by atoms with Gasteiger partial charge in [-0.3, -0.25) is 0 Å². The fourth-order valence-corrected chi connectivity index (χ4v) is 3.59. The van der Waals surface area contributed by atoms with Gasteiger partial charge in [0, 0.05) is 16.0 Å². The van der Waals surface area contributed by atoms with Gasteiger partial charge in [0.15, 0.2) is 0 Å². The largest absolute Gasteiger partial charge is 0.462 e. The van der Waals surface area contributed by atoms with Crippen molar-refractivity contribution in [3.05, 3.63) is 48.1 Å². The molecule has 5 heteroatoms. The topological polar surface area (TPSA) is 55.8 Å². The number of rotatable bonds is 10. The molecule has 136 valence electrons. The molecule has 1 aromatic carbocycles. The number of aliphatic hydroxyl groups excluding tert-OH is 1. The molecule has 0 saturated heterocycles. The van der Waals surface area contributed by atoms with Crippen LogP contribution in [0.5, 0.6) is 5.75 Å². The zero-order valence-corrected chi connectivity index (χ0v) is 15.5. The number of carbonyl (C=O) groups is 1. The minimum Gasteiger partial charge on any atom is -0.462 e. The average Bonchev–Trinajstić information content (AvgIpc) is 2.59. The third kappa shape index (κ3) is 6.59. The van der Waals surface area contributed by atoms with Crippen LogP contribution in [-0.2, 0) is 9.53 Å². The van der Waals surface area contributed by atoms with Crippen molar-refractivity contribution in [3.63, 3.8) is 0 Å². The summed E-state index contributed by atoms with van der Waals surface area (Å²) in [6.45, 7) is 5.69. The van der Waals surface area contributed by atoms with Crippen LogP contribution in [0.1, 0.15) is 44.6 Å². The van der Waals surface area contributed by atoms with Crippen LogP contribution in [0.4, 0.5) is 0 Å². The summed E-state index contributed by atoms with van der Waals surface area (Å²) in [5.74, 6) is 1.45. The molecule has 1 aliphatic rings. The summed E-state index contributed by atoms with van der Waals surface area (Å²) in [6, 6.07) is 7.79. The highest BCUT2D eigenvalue weighted by Crippen LogP contribution is 2.38. The Morgan fingerprint density at radius 2 is 1.96 bits per heavy atom. The third-order valence-corrected chi connectivity index (χ3v) is 4.98. The molecule has 25 heavy (non-hydrogen) atoms. The first-order valence-corrected chi connectivity index (χ1v) is 9.68. The van der Waals surface area contributed by atoms with Gasteiger partial charge in [-0.05, 0) is 37.7 Å². The van der Waals surface area contributed by atoms with Gasteiger partial charge >= 0.3 is 5.97 Å². The van der Waals surface area contributed by atoms with Crippen LogP contribution in [0.3, 0.4) is 0 Å². The van der Waals surface area contributed by atoms with Crippen molar-refractivity contribution < 1.29 is 19.4 Å². The van der Waals surface area contributed by atoms with Crippen molar-refractivity contribution in [2.24, 2.45) is 0 Å². The molecular weight excluding hydrogens is 336 g/mol. The van der Waals surface area contributed by atoms with E-state index in [1.165, 1.54) is 0 Å². The van der Waals surface area contributed by atoms with E-state index in [0.717, 1.165) is 54.1 Å². The normalized spacial score (nSPS) is 15.8. The van der Waals surface area contributed by atoms with E-state index in [9.17, 15) is 9.90 Å². The Morgan fingerprint density at radius 1 is 1.24 bits per heavy atom. The van der Waals surface area contributed by atoms with Crippen molar-refractivity contribution >= 4 is 22.6 Å². The van der Waals surface area contributed by atoms with Crippen LogP contribution < -0.4 is 4.74 Å². The van der Waals surface area contributed by atoms with Gasteiger partial charge in [-0.1, -0.05) is 44.0 Å². The van der Waals surface area contributed by atoms with Gasteiger partial charge in [0.05, 0.1) is 6.61 Å². The second kappa shape index (κ2) is 10.3. The molecule has 0 aliphatic carbocycles. The second-order valence-corrected chi connectivity index (χ2v) is 7.20. The minimum atomic E-state index is -0.862. The summed E-state index contributed by atoms with van der Waals surface area (Å²) in [5.41, 5.74) is 1.50. The number of para-hydroxylation sites is 1. The zero-order chi connectivity index (χ0) is 18.1. The van der Waals surface area contributed by atoms with E-state index in [1.54, 1.807) is 24.8 Å². The van der Waals surface area contributed by atoms with Crippen molar-refractivity contribution in [2.45, 2.75) is 45.3 Å². The van der Waals surface area contributed by atoms with Crippen LogP contribution in [0.25, 0.3) is 4.91 Å². The first-order valence-electron chi connectivity index (χ1n) is 8.69.